The highest BCUT2D eigenvalue weighted by Crippen LogP contribution is 2.00. The molecule has 2 nitrogen and oxygen atoms in total. The highest BCUT2D eigenvalue weighted by molar-refractivity contribution is 6.76. The van der Waals surface area contributed by atoms with Gasteiger partial charge in [-0.15, -0.1) is 11.6 Å². The van der Waals surface area contributed by atoms with E-state index in [1.54, 1.807) is 0 Å². The van der Waals surface area contributed by atoms with Crippen LogP contribution in [0.1, 0.15) is 0 Å². The summed E-state index contributed by atoms with van der Waals surface area (Å²) in [6.07, 6.45) is 0.568. The van der Waals surface area contributed by atoms with E-state index >= 15 is 0 Å². The van der Waals surface area contributed by atoms with Gasteiger partial charge in [-0.25, -0.2) is 0 Å². The Kier molecular flexibility index (Phi) is 3.97. The highest BCUT2D eigenvalue weighted by atomic mass is 35.5. The van der Waals surface area contributed by atoms with Gasteiger partial charge in [0.25, 0.3) is 0 Å². The zero-order chi connectivity index (χ0) is 8.20. The molecule has 0 radical (unpaired) electrons. The van der Waals surface area contributed by atoms with Gasteiger partial charge in [0.15, 0.2) is 0 Å². The van der Waals surface area contributed by atoms with Crippen LogP contribution in [-0.4, -0.2) is 26.2 Å². The maximum Gasteiger partial charge on any atom is 0.320 e. The molecule has 0 saturated carbocycles. The average molecular weight is 181 g/mol. The fourth-order valence-electron chi connectivity index (χ4n) is 0.336. The van der Waals surface area contributed by atoms with Gasteiger partial charge < -0.3 is 4.74 Å². The van der Waals surface area contributed by atoms with Crippen molar-refractivity contribution in [3.05, 3.63) is 0 Å². The predicted molar refractivity (Wildman–Crippen MR) is 45.0 cm³/mol. The molecule has 0 N–H and O–H groups in total. The molecule has 0 aromatic heterocycles. The Bertz CT molecular complexity index is 119. The van der Waals surface area contributed by atoms with Crippen molar-refractivity contribution < 1.29 is 9.53 Å². The van der Waals surface area contributed by atoms with Crippen molar-refractivity contribution in [3.63, 3.8) is 0 Å². The van der Waals surface area contributed by atoms with Crippen LogP contribution in [0.25, 0.3) is 0 Å². The Morgan fingerprint density at radius 1 is 1.50 bits per heavy atom. The van der Waals surface area contributed by atoms with Gasteiger partial charge in [-0.05, 0) is 0 Å². The molecule has 0 aliphatic heterocycles. The normalized spacial score (nSPS) is 11.2. The van der Waals surface area contributed by atoms with Crippen molar-refractivity contribution in [2.45, 2.75) is 19.6 Å². The molecule has 10 heavy (non-hydrogen) atoms. The monoisotopic (exact) mass is 180 g/mol. The van der Waals surface area contributed by atoms with Gasteiger partial charge in [0, 0.05) is 0 Å². The van der Waals surface area contributed by atoms with E-state index in [1.807, 2.05) is 0 Å². The van der Waals surface area contributed by atoms with Gasteiger partial charge in [-0.3, -0.25) is 4.79 Å². The standard InChI is InChI=1S/C6H13ClO2Si/c1-10(2,3)5-9-6(8)4-7/h4-5H2,1-3H3. The first-order chi connectivity index (χ1) is 4.45. The highest BCUT2D eigenvalue weighted by Gasteiger charge is 2.15. The molecule has 0 heterocycles. The van der Waals surface area contributed by atoms with E-state index in [9.17, 15) is 4.79 Å². The van der Waals surface area contributed by atoms with Gasteiger partial charge in [0.2, 0.25) is 0 Å². The van der Waals surface area contributed by atoms with Crippen molar-refractivity contribution in [2.24, 2.45) is 0 Å². The minimum atomic E-state index is -1.24. The Morgan fingerprint density at radius 2 is 2.00 bits per heavy atom. The summed E-state index contributed by atoms with van der Waals surface area (Å²) in [6, 6.07) is 0. The van der Waals surface area contributed by atoms with E-state index in [2.05, 4.69) is 19.6 Å². The van der Waals surface area contributed by atoms with Crippen molar-refractivity contribution in [1.29, 1.82) is 0 Å². The SMILES string of the molecule is C[Si](C)(C)COC(=O)CCl. The average Bonchev–Trinajstić information content (AvgIpc) is 1.81. The number of hydrogen-bond donors (Lipinski definition) is 0. The molecule has 0 fully saturated rings. The largest absolute Gasteiger partial charge is 0.469 e. The fraction of sp³-hybridized carbons (Fsp3) is 0.833. The molecule has 0 aliphatic rings. The molecule has 0 amide bonds. The Hall–Kier alpha value is -0.0231. The van der Waals surface area contributed by atoms with Crippen molar-refractivity contribution in [3.8, 4) is 0 Å². The molecule has 0 saturated heterocycles. The number of hydrogen-bond acceptors (Lipinski definition) is 2. The van der Waals surface area contributed by atoms with Gasteiger partial charge in [0.05, 0.1) is 14.3 Å². The Labute approximate surface area is 67.5 Å². The summed E-state index contributed by atoms with van der Waals surface area (Å²) in [5.74, 6) is -0.353. The topological polar surface area (TPSA) is 26.3 Å². The molecule has 0 atom stereocenters. The first-order valence-corrected chi connectivity index (χ1v) is 7.41. The number of alkyl halides is 1. The Morgan fingerprint density at radius 3 is 2.30 bits per heavy atom. The van der Waals surface area contributed by atoms with Crippen LogP contribution < -0.4 is 0 Å². The van der Waals surface area contributed by atoms with Gasteiger partial charge >= 0.3 is 5.97 Å². The molecular formula is C6H13ClO2Si. The quantitative estimate of drug-likeness (QED) is 0.375. The number of ether oxygens (including phenoxy) is 1. The van der Waals surface area contributed by atoms with Gasteiger partial charge in [0.1, 0.15) is 5.88 Å². The van der Waals surface area contributed by atoms with Crippen molar-refractivity contribution >= 4 is 25.6 Å². The molecule has 0 aliphatic carbocycles. The summed E-state index contributed by atoms with van der Waals surface area (Å²) in [5.41, 5.74) is 0. The second-order valence-electron chi connectivity index (χ2n) is 3.35. The molecule has 60 valence electrons. The molecule has 0 spiro atoms. The lowest BCUT2D eigenvalue weighted by molar-refractivity contribution is -0.138. The van der Waals surface area contributed by atoms with E-state index in [4.69, 9.17) is 16.3 Å². The summed E-state index contributed by atoms with van der Waals surface area (Å²) < 4.78 is 4.85. The maximum absolute atomic E-state index is 10.5. The number of rotatable bonds is 3. The van der Waals surface area contributed by atoms with Gasteiger partial charge in [-0.1, -0.05) is 19.6 Å². The van der Waals surface area contributed by atoms with Crippen molar-refractivity contribution in [1.82, 2.24) is 0 Å². The van der Waals surface area contributed by atoms with Crippen LogP contribution >= 0.6 is 11.6 Å². The molecule has 0 aromatic carbocycles. The van der Waals surface area contributed by atoms with Crippen LogP contribution in [0.2, 0.25) is 19.6 Å². The summed E-state index contributed by atoms with van der Waals surface area (Å²) in [5, 5.41) is 0. The fourth-order valence-corrected chi connectivity index (χ4v) is 1.01. The number of halogens is 1. The van der Waals surface area contributed by atoms with E-state index in [-0.39, 0.29) is 11.8 Å². The van der Waals surface area contributed by atoms with Crippen LogP contribution in [0.15, 0.2) is 0 Å². The van der Waals surface area contributed by atoms with E-state index < -0.39 is 8.07 Å². The van der Waals surface area contributed by atoms with Crippen LogP contribution in [0.4, 0.5) is 0 Å². The van der Waals surface area contributed by atoms with E-state index in [0.717, 1.165) is 0 Å². The third-order valence-corrected chi connectivity index (χ3v) is 2.00. The first kappa shape index (κ1) is 9.98. The predicted octanol–water partition coefficient (Wildman–Crippen LogP) is 1.65. The molecule has 0 unspecified atom stereocenters. The lowest BCUT2D eigenvalue weighted by Crippen LogP contribution is -2.30. The maximum atomic E-state index is 10.5. The molecule has 0 aromatic rings. The van der Waals surface area contributed by atoms with E-state index in [0.29, 0.717) is 6.23 Å². The second-order valence-corrected chi connectivity index (χ2v) is 9.03. The zero-order valence-electron chi connectivity index (χ0n) is 6.61. The summed E-state index contributed by atoms with van der Waals surface area (Å²) >= 11 is 5.22. The molecule has 4 heteroatoms. The van der Waals surface area contributed by atoms with Crippen LogP contribution in [-0.2, 0) is 9.53 Å². The molecule has 0 bridgehead atoms. The van der Waals surface area contributed by atoms with Crippen molar-refractivity contribution in [2.75, 3.05) is 12.1 Å². The number of esters is 1. The van der Waals surface area contributed by atoms with Crippen LogP contribution in [0, 0.1) is 0 Å². The summed E-state index contributed by atoms with van der Waals surface area (Å²) in [6.45, 7) is 6.40. The van der Waals surface area contributed by atoms with Crippen LogP contribution in [0.3, 0.4) is 0 Å². The second kappa shape index (κ2) is 3.98. The third kappa shape index (κ3) is 6.10. The third-order valence-electron chi connectivity index (χ3n) is 0.775. The first-order valence-electron chi connectivity index (χ1n) is 3.17. The number of carbonyl (C=O) groups is 1. The zero-order valence-corrected chi connectivity index (χ0v) is 8.36. The Balaban J connectivity index is 3.46. The smallest absolute Gasteiger partial charge is 0.320 e. The number of carbonyl (C=O) groups excluding carboxylic acids is 1. The minimum Gasteiger partial charge on any atom is -0.469 e. The molecular weight excluding hydrogens is 168 g/mol. The minimum absolute atomic E-state index is 0.0372. The summed E-state index contributed by atoms with van der Waals surface area (Å²) in [7, 11) is -1.24. The van der Waals surface area contributed by atoms with E-state index in [1.165, 1.54) is 0 Å². The van der Waals surface area contributed by atoms with Crippen LogP contribution in [0.5, 0.6) is 0 Å². The summed E-state index contributed by atoms with van der Waals surface area (Å²) in [4.78, 5) is 10.5. The lowest BCUT2D eigenvalue weighted by Gasteiger charge is -2.14. The lowest BCUT2D eigenvalue weighted by atomic mass is 10.8. The molecule has 0 rings (SSSR count). The van der Waals surface area contributed by atoms with Gasteiger partial charge in [-0.2, -0.15) is 0 Å².